The molecule has 18 heavy (non-hydrogen) atoms. The first-order chi connectivity index (χ1) is 8.72. The van der Waals surface area contributed by atoms with E-state index in [9.17, 15) is 9.59 Å². The third-order valence-electron chi connectivity index (χ3n) is 3.30. The number of hydrogen-bond acceptors (Lipinski definition) is 4. The molecule has 94 valence electrons. The molecule has 3 rings (SSSR count). The van der Waals surface area contributed by atoms with E-state index in [4.69, 9.17) is 0 Å². The van der Waals surface area contributed by atoms with Crippen molar-refractivity contribution in [2.45, 2.75) is 25.7 Å². The third kappa shape index (κ3) is 2.22. The first-order valence-electron chi connectivity index (χ1n) is 6.19. The van der Waals surface area contributed by atoms with Crippen LogP contribution in [0.3, 0.4) is 0 Å². The Morgan fingerprint density at radius 2 is 2.22 bits per heavy atom. The molecule has 1 fully saturated rings. The average Bonchev–Trinajstić information content (AvgIpc) is 2.92. The van der Waals surface area contributed by atoms with Gasteiger partial charge in [0, 0.05) is 37.2 Å². The summed E-state index contributed by atoms with van der Waals surface area (Å²) in [4.78, 5) is 30.2. The van der Waals surface area contributed by atoms with E-state index in [0.29, 0.717) is 12.8 Å². The molecule has 0 spiro atoms. The maximum absolute atomic E-state index is 11.5. The molecular weight excluding hydrogens is 248 g/mol. The summed E-state index contributed by atoms with van der Waals surface area (Å²) >= 11 is 1.60. The number of thiazole rings is 1. The van der Waals surface area contributed by atoms with Gasteiger partial charge in [0.05, 0.1) is 10.7 Å². The number of likely N-dealkylation sites (tertiary alicyclic amines) is 1. The third-order valence-corrected chi connectivity index (χ3v) is 4.43. The Morgan fingerprint density at radius 1 is 1.33 bits per heavy atom. The monoisotopic (exact) mass is 262 g/mol. The Morgan fingerprint density at radius 3 is 3.00 bits per heavy atom. The molecule has 1 aliphatic carbocycles. The summed E-state index contributed by atoms with van der Waals surface area (Å²) in [7, 11) is 0. The second kappa shape index (κ2) is 4.65. The van der Waals surface area contributed by atoms with Crippen LogP contribution in [0.4, 0.5) is 0 Å². The molecule has 0 bridgehead atoms. The Hall–Kier alpha value is -1.49. The molecule has 0 atom stereocenters. The average molecular weight is 262 g/mol. The van der Waals surface area contributed by atoms with Crippen LogP contribution in [0.1, 0.15) is 28.4 Å². The van der Waals surface area contributed by atoms with Gasteiger partial charge in [-0.1, -0.05) is 0 Å². The Labute approximate surface area is 109 Å². The van der Waals surface area contributed by atoms with Crippen LogP contribution in [0.25, 0.3) is 6.08 Å². The molecule has 0 unspecified atom stereocenters. The number of carbonyl (C=O) groups is 2. The molecule has 1 saturated heterocycles. The largest absolute Gasteiger partial charge is 0.342 e. The molecule has 1 aromatic rings. The van der Waals surface area contributed by atoms with E-state index in [1.807, 2.05) is 4.90 Å². The number of fused-ring (bicyclic) bond motifs is 1. The number of amides is 1. The van der Waals surface area contributed by atoms with Gasteiger partial charge in [0.15, 0.2) is 5.78 Å². The van der Waals surface area contributed by atoms with Crippen molar-refractivity contribution in [1.29, 1.82) is 0 Å². The molecule has 1 aromatic heterocycles. The minimum absolute atomic E-state index is 0.146. The molecule has 4 nitrogen and oxygen atoms in total. The lowest BCUT2D eigenvalue weighted by Gasteiger charge is -2.13. The molecule has 0 aromatic carbocycles. The van der Waals surface area contributed by atoms with Crippen LogP contribution in [-0.4, -0.2) is 34.7 Å². The van der Waals surface area contributed by atoms with Crippen molar-refractivity contribution >= 4 is 29.1 Å². The summed E-state index contributed by atoms with van der Waals surface area (Å²) in [5.41, 5.74) is 0.933. The smallest absolute Gasteiger partial charge is 0.222 e. The fourth-order valence-electron chi connectivity index (χ4n) is 2.34. The van der Waals surface area contributed by atoms with E-state index in [1.54, 1.807) is 23.5 Å². The van der Waals surface area contributed by atoms with Crippen LogP contribution < -0.4 is 0 Å². The number of hydrogen-bond donors (Lipinski definition) is 0. The van der Waals surface area contributed by atoms with E-state index in [2.05, 4.69) is 4.98 Å². The van der Waals surface area contributed by atoms with Gasteiger partial charge in [0.25, 0.3) is 0 Å². The number of carbonyl (C=O) groups excluding carboxylic acids is 2. The summed E-state index contributed by atoms with van der Waals surface area (Å²) in [5.74, 6) is 0.402. The second-order valence-electron chi connectivity index (χ2n) is 4.63. The first-order valence-corrected chi connectivity index (χ1v) is 7.01. The summed E-state index contributed by atoms with van der Waals surface area (Å²) in [6, 6.07) is 0. The van der Waals surface area contributed by atoms with Crippen LogP contribution in [0.5, 0.6) is 0 Å². The molecule has 5 heteroatoms. The summed E-state index contributed by atoms with van der Waals surface area (Å²) in [5, 5.41) is 1.03. The number of nitrogens with zero attached hydrogens (tertiary/aromatic N) is 2. The number of rotatable bonds is 3. The highest BCUT2D eigenvalue weighted by Gasteiger charge is 2.21. The maximum atomic E-state index is 11.5. The van der Waals surface area contributed by atoms with E-state index >= 15 is 0 Å². The minimum atomic E-state index is 0.146. The molecule has 0 saturated carbocycles. The zero-order chi connectivity index (χ0) is 12.5. The molecule has 0 radical (unpaired) electrons. The van der Waals surface area contributed by atoms with E-state index in [1.165, 1.54) is 0 Å². The predicted octanol–water partition coefficient (Wildman–Crippen LogP) is 1.45. The minimum Gasteiger partial charge on any atom is -0.342 e. The van der Waals surface area contributed by atoms with Crippen LogP contribution >= 0.6 is 11.3 Å². The van der Waals surface area contributed by atoms with Crippen molar-refractivity contribution < 1.29 is 9.59 Å². The highest BCUT2D eigenvalue weighted by atomic mass is 32.1. The first kappa shape index (κ1) is 11.6. The van der Waals surface area contributed by atoms with Crippen LogP contribution in [0.2, 0.25) is 0 Å². The summed E-state index contributed by atoms with van der Waals surface area (Å²) in [6.07, 6.45) is 6.33. The van der Waals surface area contributed by atoms with Crippen LogP contribution in [-0.2, 0) is 22.4 Å². The number of allylic oxidation sites excluding steroid dienone is 1. The molecule has 1 aliphatic heterocycles. The van der Waals surface area contributed by atoms with E-state index in [-0.39, 0.29) is 11.7 Å². The van der Waals surface area contributed by atoms with Crippen molar-refractivity contribution in [2.24, 2.45) is 0 Å². The topological polar surface area (TPSA) is 50.3 Å². The van der Waals surface area contributed by atoms with Gasteiger partial charge in [-0.15, -0.1) is 11.3 Å². The van der Waals surface area contributed by atoms with Crippen molar-refractivity contribution in [3.63, 3.8) is 0 Å². The van der Waals surface area contributed by atoms with Gasteiger partial charge >= 0.3 is 0 Å². The zero-order valence-corrected chi connectivity index (χ0v) is 10.8. The van der Waals surface area contributed by atoms with Gasteiger partial charge in [-0.25, -0.2) is 4.98 Å². The van der Waals surface area contributed by atoms with Gasteiger partial charge in [0.2, 0.25) is 5.91 Å². The van der Waals surface area contributed by atoms with Crippen molar-refractivity contribution in [1.82, 2.24) is 9.88 Å². The standard InChI is InChI=1S/C13H14N2O2S/c16-9-3-4-10-11(8-9)18-12(14-10)5-7-15-6-1-2-13(15)17/h3-4H,1-2,5-8H2. The lowest BCUT2D eigenvalue weighted by atomic mass is 10.1. The molecule has 2 heterocycles. The fourth-order valence-corrected chi connectivity index (χ4v) is 3.39. The summed E-state index contributed by atoms with van der Waals surface area (Å²) < 4.78 is 0. The van der Waals surface area contributed by atoms with Gasteiger partial charge in [-0.3, -0.25) is 9.59 Å². The van der Waals surface area contributed by atoms with Crippen molar-refractivity contribution in [2.75, 3.05) is 13.1 Å². The molecular formula is C13H14N2O2S. The van der Waals surface area contributed by atoms with Gasteiger partial charge < -0.3 is 4.90 Å². The van der Waals surface area contributed by atoms with Crippen molar-refractivity contribution in [3.8, 4) is 0 Å². The van der Waals surface area contributed by atoms with Crippen LogP contribution in [0, 0.1) is 0 Å². The molecule has 0 N–H and O–H groups in total. The van der Waals surface area contributed by atoms with Gasteiger partial charge in [0.1, 0.15) is 0 Å². The SMILES string of the molecule is O=C1C=Cc2nc(CCN3CCCC3=O)sc2C1. The number of aromatic nitrogens is 1. The summed E-state index contributed by atoms with van der Waals surface area (Å²) in [6.45, 7) is 1.63. The quantitative estimate of drug-likeness (QED) is 0.828. The van der Waals surface area contributed by atoms with E-state index < -0.39 is 0 Å². The predicted molar refractivity (Wildman–Crippen MR) is 69.4 cm³/mol. The lowest BCUT2D eigenvalue weighted by Crippen LogP contribution is -2.26. The van der Waals surface area contributed by atoms with Crippen molar-refractivity contribution in [3.05, 3.63) is 21.7 Å². The highest BCUT2D eigenvalue weighted by molar-refractivity contribution is 7.12. The number of ketones is 1. The fraction of sp³-hybridized carbons (Fsp3) is 0.462. The zero-order valence-electron chi connectivity index (χ0n) is 10.0. The van der Waals surface area contributed by atoms with Crippen LogP contribution in [0.15, 0.2) is 6.08 Å². The molecule has 2 aliphatic rings. The maximum Gasteiger partial charge on any atom is 0.222 e. The highest BCUT2D eigenvalue weighted by Crippen LogP contribution is 2.24. The Bertz CT molecular complexity index is 533. The Kier molecular flexibility index (Phi) is 2.99. The van der Waals surface area contributed by atoms with E-state index in [0.717, 1.165) is 41.5 Å². The van der Waals surface area contributed by atoms with Gasteiger partial charge in [-0.2, -0.15) is 0 Å². The van der Waals surface area contributed by atoms with Gasteiger partial charge in [-0.05, 0) is 18.6 Å². The Balaban J connectivity index is 1.66. The second-order valence-corrected chi connectivity index (χ2v) is 5.79. The lowest BCUT2D eigenvalue weighted by molar-refractivity contribution is -0.127. The molecule has 1 amide bonds. The normalized spacial score (nSPS) is 18.6.